The Morgan fingerprint density at radius 1 is 0.878 bits per heavy atom. The number of aromatic nitrogens is 1. The van der Waals surface area contributed by atoms with E-state index in [0.29, 0.717) is 30.9 Å². The number of piperazine rings is 1. The molecule has 0 unspecified atom stereocenters. The largest absolute Gasteiger partial charge is 0.339 e. The van der Waals surface area contributed by atoms with Crippen LogP contribution in [0.4, 0.5) is 5.69 Å². The Balaban J connectivity index is 1.43. The molecule has 0 saturated carbocycles. The Bertz CT molecular complexity index is 1800. The van der Waals surface area contributed by atoms with Gasteiger partial charge in [-0.3, -0.25) is 24.6 Å². The smallest absolute Gasteiger partial charge is 0.270 e. The van der Waals surface area contributed by atoms with Crippen LogP contribution >= 0.6 is 0 Å². The van der Waals surface area contributed by atoms with Gasteiger partial charge in [0.1, 0.15) is 0 Å². The first kappa shape index (κ1) is 34.3. The van der Waals surface area contributed by atoms with Crippen LogP contribution in [0.25, 0.3) is 16.6 Å². The van der Waals surface area contributed by atoms with Gasteiger partial charge >= 0.3 is 0 Å². The third-order valence-corrected chi connectivity index (χ3v) is 10.2. The molecule has 6 rings (SSSR count). The van der Waals surface area contributed by atoms with E-state index in [0.717, 1.165) is 81.3 Å². The summed E-state index contributed by atoms with van der Waals surface area (Å²) in [6.45, 7) is 10.6. The van der Waals surface area contributed by atoms with Crippen LogP contribution in [0.5, 0.6) is 0 Å². The Labute approximate surface area is 289 Å². The van der Waals surface area contributed by atoms with Crippen molar-refractivity contribution in [3.05, 3.63) is 105 Å². The molecule has 2 amide bonds. The lowest BCUT2D eigenvalue weighted by Gasteiger charge is -2.41. The van der Waals surface area contributed by atoms with Crippen LogP contribution in [0.1, 0.15) is 71.4 Å². The number of hydrogen-bond donors (Lipinski definition) is 0. The van der Waals surface area contributed by atoms with Gasteiger partial charge in [0.25, 0.3) is 17.5 Å². The second kappa shape index (κ2) is 15.3. The number of fused-ring (bicyclic) bond motifs is 2. The molecule has 1 saturated heterocycles. The van der Waals surface area contributed by atoms with Gasteiger partial charge in [-0.05, 0) is 49.6 Å². The molecule has 3 aromatic carbocycles. The van der Waals surface area contributed by atoms with E-state index in [2.05, 4.69) is 42.8 Å². The van der Waals surface area contributed by atoms with E-state index in [-0.39, 0.29) is 29.1 Å². The fourth-order valence-corrected chi connectivity index (χ4v) is 7.22. The minimum atomic E-state index is -0.449. The highest BCUT2D eigenvalue weighted by Gasteiger charge is 2.34. The summed E-state index contributed by atoms with van der Waals surface area (Å²) in [5.74, 6) is -0.281. The van der Waals surface area contributed by atoms with Gasteiger partial charge < -0.3 is 19.3 Å². The van der Waals surface area contributed by atoms with Crippen molar-refractivity contribution in [3.8, 4) is 5.69 Å². The number of unbranched alkanes of at least 4 members (excludes halogenated alkanes) is 2. The molecule has 0 N–H and O–H groups in total. The van der Waals surface area contributed by atoms with E-state index < -0.39 is 4.92 Å². The van der Waals surface area contributed by atoms with E-state index in [1.165, 1.54) is 17.7 Å². The van der Waals surface area contributed by atoms with Gasteiger partial charge in [0.2, 0.25) is 0 Å². The lowest BCUT2D eigenvalue weighted by Crippen LogP contribution is -2.53. The standard InChI is InChI=1S/C39H48N6O4/c1-4-6-18-42(19-7-5-2)38(46)35-28-44(36-15-11-10-14-33(35)36)37-17-16-31(45(48)49)25-34(37)39(47)43-26-30-13-9-8-12-29(30)24-32(43)27-41-22-20-40(3)21-23-41/h8-17,25,28,32H,4-7,18-24,26-27H2,1-3H3/t32-/m0/s1. The number of carbonyl (C=O) groups is 2. The maximum atomic E-state index is 14.9. The van der Waals surface area contributed by atoms with Gasteiger partial charge in [-0.15, -0.1) is 0 Å². The van der Waals surface area contributed by atoms with Crippen LogP contribution < -0.4 is 0 Å². The van der Waals surface area contributed by atoms with Crippen LogP contribution in [0.2, 0.25) is 0 Å². The highest BCUT2D eigenvalue weighted by atomic mass is 16.6. The predicted octanol–water partition coefficient (Wildman–Crippen LogP) is 6.40. The van der Waals surface area contributed by atoms with Crippen molar-refractivity contribution in [2.45, 2.75) is 58.5 Å². The average Bonchev–Trinajstić information content (AvgIpc) is 3.51. The van der Waals surface area contributed by atoms with Crippen molar-refractivity contribution in [2.75, 3.05) is 52.9 Å². The van der Waals surface area contributed by atoms with Gasteiger partial charge in [-0.25, -0.2) is 0 Å². The Hall–Kier alpha value is -4.54. The second-order valence-corrected chi connectivity index (χ2v) is 13.6. The number of nitro benzene ring substituents is 1. The van der Waals surface area contributed by atoms with Gasteiger partial charge in [-0.1, -0.05) is 69.2 Å². The molecule has 10 heteroatoms. The van der Waals surface area contributed by atoms with Crippen molar-refractivity contribution in [1.29, 1.82) is 0 Å². The third-order valence-electron chi connectivity index (χ3n) is 10.2. The summed E-state index contributed by atoms with van der Waals surface area (Å²) in [6.07, 6.45) is 6.36. The summed E-state index contributed by atoms with van der Waals surface area (Å²) >= 11 is 0. The van der Waals surface area contributed by atoms with E-state index in [1.54, 1.807) is 6.07 Å². The molecule has 49 heavy (non-hydrogen) atoms. The molecule has 10 nitrogen and oxygen atoms in total. The molecule has 0 radical (unpaired) electrons. The molecule has 2 aliphatic heterocycles. The quantitative estimate of drug-likeness (QED) is 0.129. The molecule has 0 aliphatic carbocycles. The zero-order valence-electron chi connectivity index (χ0n) is 29.0. The summed E-state index contributed by atoms with van der Waals surface area (Å²) in [5, 5.41) is 12.9. The number of benzene rings is 3. The fourth-order valence-electron chi connectivity index (χ4n) is 7.22. The third kappa shape index (κ3) is 7.40. The van der Waals surface area contributed by atoms with Gasteiger partial charge in [-0.2, -0.15) is 0 Å². The van der Waals surface area contributed by atoms with Crippen molar-refractivity contribution >= 4 is 28.4 Å². The summed E-state index contributed by atoms with van der Waals surface area (Å²) in [4.78, 5) is 49.3. The van der Waals surface area contributed by atoms with Crippen molar-refractivity contribution in [1.82, 2.24) is 24.2 Å². The maximum absolute atomic E-state index is 14.9. The zero-order valence-corrected chi connectivity index (χ0v) is 29.0. The van der Waals surface area contributed by atoms with E-state index >= 15 is 0 Å². The maximum Gasteiger partial charge on any atom is 0.270 e. The molecule has 4 aromatic rings. The SMILES string of the molecule is CCCCN(CCCC)C(=O)c1cn(-c2ccc([N+](=O)[O-])cc2C(=O)N2Cc3ccccc3C[C@H]2CN2CCN(C)CC2)c2ccccc12. The summed E-state index contributed by atoms with van der Waals surface area (Å²) in [6, 6.07) is 20.4. The Morgan fingerprint density at radius 2 is 1.55 bits per heavy atom. The topological polar surface area (TPSA) is 95.2 Å². The van der Waals surface area contributed by atoms with Crippen LogP contribution in [0.15, 0.2) is 72.9 Å². The number of likely N-dealkylation sites (N-methyl/N-ethyl adjacent to an activating group) is 1. The first-order chi connectivity index (χ1) is 23.8. The fraction of sp³-hybridized carbons (Fsp3) is 0.436. The molecule has 0 spiro atoms. The summed E-state index contributed by atoms with van der Waals surface area (Å²) in [5.41, 5.74) is 4.31. The van der Waals surface area contributed by atoms with Crippen molar-refractivity contribution in [3.63, 3.8) is 0 Å². The van der Waals surface area contributed by atoms with E-state index in [4.69, 9.17) is 0 Å². The summed E-state index contributed by atoms with van der Waals surface area (Å²) in [7, 11) is 2.13. The molecule has 1 fully saturated rings. The van der Waals surface area contributed by atoms with E-state index in [9.17, 15) is 19.7 Å². The molecule has 0 bridgehead atoms. The number of rotatable bonds is 12. The van der Waals surface area contributed by atoms with E-state index in [1.807, 2.05) is 57.0 Å². The molecule has 3 heterocycles. The summed E-state index contributed by atoms with van der Waals surface area (Å²) < 4.78 is 1.88. The van der Waals surface area contributed by atoms with Crippen LogP contribution in [-0.2, 0) is 13.0 Å². The number of carbonyl (C=O) groups excluding carboxylic acids is 2. The van der Waals surface area contributed by atoms with Crippen LogP contribution in [0.3, 0.4) is 0 Å². The van der Waals surface area contributed by atoms with Crippen LogP contribution in [-0.4, -0.2) is 99.8 Å². The Morgan fingerprint density at radius 3 is 2.24 bits per heavy atom. The normalized spacial score (nSPS) is 16.9. The minimum absolute atomic E-state index is 0.0356. The number of nitrogens with zero attached hydrogens (tertiary/aromatic N) is 6. The second-order valence-electron chi connectivity index (χ2n) is 13.6. The highest BCUT2D eigenvalue weighted by Crippen LogP contribution is 2.33. The molecular formula is C39H48N6O4. The monoisotopic (exact) mass is 664 g/mol. The number of amides is 2. The van der Waals surface area contributed by atoms with Gasteiger partial charge in [0.05, 0.1) is 27.3 Å². The molecule has 1 aromatic heterocycles. The van der Waals surface area contributed by atoms with Gasteiger partial charge in [0.15, 0.2) is 0 Å². The lowest BCUT2D eigenvalue weighted by atomic mass is 9.92. The average molecular weight is 665 g/mol. The predicted molar refractivity (Wildman–Crippen MR) is 193 cm³/mol. The lowest BCUT2D eigenvalue weighted by molar-refractivity contribution is -0.384. The molecule has 258 valence electrons. The first-order valence-electron chi connectivity index (χ1n) is 17.8. The van der Waals surface area contributed by atoms with Crippen molar-refractivity contribution < 1.29 is 14.5 Å². The number of nitro groups is 1. The van der Waals surface area contributed by atoms with Crippen LogP contribution in [0, 0.1) is 10.1 Å². The van der Waals surface area contributed by atoms with Gasteiger partial charge in [0, 0.05) is 82.1 Å². The molecule has 2 aliphatic rings. The first-order valence-corrected chi connectivity index (χ1v) is 17.8. The zero-order chi connectivity index (χ0) is 34.5. The highest BCUT2D eigenvalue weighted by molar-refractivity contribution is 6.08. The minimum Gasteiger partial charge on any atom is -0.339 e. The Kier molecular flexibility index (Phi) is 10.7. The number of para-hydroxylation sites is 1. The van der Waals surface area contributed by atoms with Crippen molar-refractivity contribution in [2.24, 2.45) is 0 Å². The number of hydrogen-bond acceptors (Lipinski definition) is 6. The molecular weight excluding hydrogens is 616 g/mol. The number of non-ortho nitro benzene ring substituents is 1. The molecule has 1 atom stereocenters.